The van der Waals surface area contributed by atoms with Crippen molar-refractivity contribution < 1.29 is 14.3 Å². The number of ether oxygens (including phenoxy) is 1. The molecule has 0 spiro atoms. The third-order valence-electron chi connectivity index (χ3n) is 2.78. The van der Waals surface area contributed by atoms with Gasteiger partial charge in [-0.1, -0.05) is 6.07 Å². The minimum atomic E-state index is -1.42. The summed E-state index contributed by atoms with van der Waals surface area (Å²) in [5.41, 5.74) is 0.395. The van der Waals surface area contributed by atoms with E-state index in [0.29, 0.717) is 11.3 Å². The Hall–Kier alpha value is -2.86. The van der Waals surface area contributed by atoms with Crippen molar-refractivity contribution >= 4 is 11.7 Å². The highest BCUT2D eigenvalue weighted by Crippen LogP contribution is 2.16. The van der Waals surface area contributed by atoms with Gasteiger partial charge in [-0.2, -0.15) is 10.5 Å². The van der Waals surface area contributed by atoms with Crippen LogP contribution in [-0.4, -0.2) is 23.8 Å². The molecule has 6 heteroatoms. The summed E-state index contributed by atoms with van der Waals surface area (Å²) in [6, 6.07) is 9.81. The number of hydrogen-bond acceptors (Lipinski definition) is 5. The predicted molar refractivity (Wildman–Crippen MR) is 78.6 cm³/mol. The van der Waals surface area contributed by atoms with Gasteiger partial charge in [-0.25, -0.2) is 0 Å². The van der Waals surface area contributed by atoms with Gasteiger partial charge in [0, 0.05) is 6.04 Å². The van der Waals surface area contributed by atoms with Crippen molar-refractivity contribution in [1.82, 2.24) is 5.32 Å². The summed E-state index contributed by atoms with van der Waals surface area (Å²) in [4.78, 5) is 24.0. The normalized spacial score (nSPS) is 12.6. The summed E-state index contributed by atoms with van der Waals surface area (Å²) in [6.45, 7) is 4.95. The van der Waals surface area contributed by atoms with E-state index in [1.807, 2.05) is 6.07 Å². The summed E-state index contributed by atoms with van der Waals surface area (Å²) in [5, 5.41) is 20.4. The number of amides is 1. The van der Waals surface area contributed by atoms with Crippen molar-refractivity contribution in [2.45, 2.75) is 32.9 Å². The van der Waals surface area contributed by atoms with Crippen LogP contribution in [0.25, 0.3) is 0 Å². The van der Waals surface area contributed by atoms with Gasteiger partial charge in [0.15, 0.2) is 17.8 Å². The number of nitriles is 2. The number of rotatable bonds is 6. The molecular weight excluding hydrogens is 282 g/mol. The van der Waals surface area contributed by atoms with E-state index in [9.17, 15) is 9.59 Å². The van der Waals surface area contributed by atoms with Crippen LogP contribution >= 0.6 is 0 Å². The van der Waals surface area contributed by atoms with Crippen molar-refractivity contribution in [1.29, 1.82) is 10.5 Å². The van der Waals surface area contributed by atoms with E-state index in [4.69, 9.17) is 15.3 Å². The lowest BCUT2D eigenvalue weighted by atomic mass is 10.0. The van der Waals surface area contributed by atoms with Crippen molar-refractivity contribution in [3.8, 4) is 17.9 Å². The first-order valence-corrected chi connectivity index (χ1v) is 6.79. The van der Waals surface area contributed by atoms with E-state index in [0.717, 1.165) is 0 Å². The number of Topliss-reactive ketones (excluding diaryl/α,β-unsaturated/α-hetero) is 1. The number of nitrogens with zero attached hydrogens (tertiary/aromatic N) is 2. The molecule has 0 aliphatic heterocycles. The molecule has 1 rings (SSSR count). The smallest absolute Gasteiger partial charge is 0.245 e. The first-order chi connectivity index (χ1) is 10.4. The second-order valence-electron chi connectivity index (χ2n) is 5.03. The Morgan fingerprint density at radius 2 is 1.91 bits per heavy atom. The fourth-order valence-electron chi connectivity index (χ4n) is 1.76. The Kier molecular flexibility index (Phi) is 6.09. The molecule has 1 aromatic carbocycles. The third kappa shape index (κ3) is 4.60. The first kappa shape index (κ1) is 17.2. The Morgan fingerprint density at radius 1 is 1.23 bits per heavy atom. The second kappa shape index (κ2) is 7.80. The van der Waals surface area contributed by atoms with Crippen LogP contribution in [0, 0.1) is 28.6 Å². The molecule has 22 heavy (non-hydrogen) atoms. The van der Waals surface area contributed by atoms with Gasteiger partial charge in [-0.15, -0.1) is 0 Å². The van der Waals surface area contributed by atoms with Gasteiger partial charge in [0.2, 0.25) is 5.91 Å². The Balaban J connectivity index is 2.80. The molecule has 1 aromatic rings. The molecule has 0 aromatic heterocycles. The maximum Gasteiger partial charge on any atom is 0.245 e. The molecule has 0 aliphatic carbocycles. The third-order valence-corrected chi connectivity index (χ3v) is 2.78. The number of carbonyl (C=O) groups is 2. The van der Waals surface area contributed by atoms with Crippen LogP contribution < -0.4 is 10.1 Å². The Morgan fingerprint density at radius 3 is 2.45 bits per heavy atom. The summed E-state index contributed by atoms with van der Waals surface area (Å²) in [6.07, 6.45) is -0.975. The van der Waals surface area contributed by atoms with Gasteiger partial charge in [0.25, 0.3) is 0 Å². The van der Waals surface area contributed by atoms with Crippen molar-refractivity contribution in [2.24, 2.45) is 5.92 Å². The van der Waals surface area contributed by atoms with Crippen LogP contribution in [0.4, 0.5) is 0 Å². The highest BCUT2D eigenvalue weighted by Gasteiger charge is 2.31. The van der Waals surface area contributed by atoms with Gasteiger partial charge in [-0.3, -0.25) is 9.59 Å². The first-order valence-electron chi connectivity index (χ1n) is 6.79. The standard InChI is InChI=1S/C16H17N3O3/c1-10(2)19-16(21)14(9-18)15(20)11(3)22-13-6-4-5-12(7-13)8-17/h4-7,10-11,14H,1-3H3,(H,19,21)/t11-,14-/m1/s1. The van der Waals surface area contributed by atoms with Gasteiger partial charge in [0.05, 0.1) is 17.7 Å². The van der Waals surface area contributed by atoms with Gasteiger partial charge >= 0.3 is 0 Å². The van der Waals surface area contributed by atoms with E-state index < -0.39 is 23.7 Å². The summed E-state index contributed by atoms with van der Waals surface area (Å²) < 4.78 is 5.42. The van der Waals surface area contributed by atoms with Gasteiger partial charge in [0.1, 0.15) is 5.75 Å². The molecule has 1 amide bonds. The molecule has 114 valence electrons. The second-order valence-corrected chi connectivity index (χ2v) is 5.03. The molecule has 0 saturated carbocycles. The van der Waals surface area contributed by atoms with Gasteiger partial charge < -0.3 is 10.1 Å². The van der Waals surface area contributed by atoms with E-state index in [1.54, 1.807) is 38.1 Å². The topological polar surface area (TPSA) is 103 Å². The van der Waals surface area contributed by atoms with E-state index >= 15 is 0 Å². The molecule has 0 heterocycles. The summed E-state index contributed by atoms with van der Waals surface area (Å²) in [7, 11) is 0. The average molecular weight is 299 g/mol. The fourth-order valence-corrected chi connectivity index (χ4v) is 1.76. The zero-order chi connectivity index (χ0) is 16.7. The number of hydrogen-bond donors (Lipinski definition) is 1. The molecule has 1 N–H and O–H groups in total. The number of benzene rings is 1. The molecule has 0 radical (unpaired) electrons. The number of carbonyl (C=O) groups excluding carboxylic acids is 2. The molecule has 6 nitrogen and oxygen atoms in total. The fraction of sp³-hybridized carbons (Fsp3) is 0.375. The maximum atomic E-state index is 12.2. The molecule has 2 atom stereocenters. The molecule has 0 fully saturated rings. The highest BCUT2D eigenvalue weighted by atomic mass is 16.5. The zero-order valence-electron chi connectivity index (χ0n) is 12.7. The Labute approximate surface area is 129 Å². The number of nitrogens with one attached hydrogen (secondary N) is 1. The van der Waals surface area contributed by atoms with Crippen LogP contribution in [0.1, 0.15) is 26.3 Å². The zero-order valence-corrected chi connectivity index (χ0v) is 12.7. The predicted octanol–water partition coefficient (Wildman–Crippen LogP) is 1.56. The largest absolute Gasteiger partial charge is 0.483 e. The monoisotopic (exact) mass is 299 g/mol. The number of ketones is 1. The van der Waals surface area contributed by atoms with Crippen molar-refractivity contribution in [2.75, 3.05) is 0 Å². The van der Waals surface area contributed by atoms with Gasteiger partial charge in [-0.05, 0) is 39.0 Å². The summed E-state index contributed by atoms with van der Waals surface area (Å²) >= 11 is 0. The highest BCUT2D eigenvalue weighted by molar-refractivity contribution is 6.05. The van der Waals surface area contributed by atoms with Crippen LogP contribution in [0.2, 0.25) is 0 Å². The lowest BCUT2D eigenvalue weighted by Crippen LogP contribution is -2.42. The molecule has 0 bridgehead atoms. The maximum absolute atomic E-state index is 12.2. The average Bonchev–Trinajstić information content (AvgIpc) is 2.47. The van der Waals surface area contributed by atoms with Crippen LogP contribution in [0.5, 0.6) is 5.75 Å². The molecule has 0 aliphatic rings. The minimum absolute atomic E-state index is 0.167. The van der Waals surface area contributed by atoms with E-state index in [2.05, 4.69) is 5.32 Å². The molecular formula is C16H17N3O3. The van der Waals surface area contributed by atoms with Crippen molar-refractivity contribution in [3.63, 3.8) is 0 Å². The SMILES string of the molecule is CC(C)NC(=O)[C@H](C#N)C(=O)[C@@H](C)Oc1cccc(C#N)c1. The van der Waals surface area contributed by atoms with E-state index in [1.165, 1.54) is 13.0 Å². The Bertz CT molecular complexity index is 641. The van der Waals surface area contributed by atoms with Crippen LogP contribution in [0.15, 0.2) is 24.3 Å². The quantitative estimate of drug-likeness (QED) is 0.803. The van der Waals surface area contributed by atoms with Crippen LogP contribution in [-0.2, 0) is 9.59 Å². The molecule has 0 saturated heterocycles. The van der Waals surface area contributed by atoms with Crippen LogP contribution in [0.3, 0.4) is 0 Å². The molecule has 0 unspecified atom stereocenters. The minimum Gasteiger partial charge on any atom is -0.483 e. The van der Waals surface area contributed by atoms with Crippen molar-refractivity contribution in [3.05, 3.63) is 29.8 Å². The van der Waals surface area contributed by atoms with E-state index in [-0.39, 0.29) is 6.04 Å². The lowest BCUT2D eigenvalue weighted by molar-refractivity contribution is -0.135. The lowest BCUT2D eigenvalue weighted by Gasteiger charge is -2.17. The summed E-state index contributed by atoms with van der Waals surface area (Å²) in [5.74, 6) is -2.34.